The Labute approximate surface area is 142 Å². The van der Waals surface area contributed by atoms with Crippen LogP contribution in [-0.4, -0.2) is 14.4 Å². The minimum atomic E-state index is 0.726. The second-order valence-corrected chi connectivity index (χ2v) is 6.98. The Kier molecular flexibility index (Phi) is 3.39. The van der Waals surface area contributed by atoms with E-state index in [1.807, 2.05) is 23.6 Å². The Morgan fingerprint density at radius 3 is 3.09 bits per heavy atom. The number of hydrogen-bond donors (Lipinski definition) is 2. The summed E-state index contributed by atoms with van der Waals surface area (Å²) in [6, 6.07) is 6.23. The van der Waals surface area contributed by atoms with Crippen molar-refractivity contribution in [3.05, 3.63) is 59.8 Å². The van der Waals surface area contributed by atoms with Crippen molar-refractivity contribution in [3.8, 4) is 10.4 Å². The fourth-order valence-corrected chi connectivity index (χ4v) is 3.90. The van der Waals surface area contributed by atoms with E-state index in [4.69, 9.17) is 11.6 Å². The van der Waals surface area contributed by atoms with Crippen LogP contribution in [0.4, 0.5) is 0 Å². The van der Waals surface area contributed by atoms with Gasteiger partial charge in [-0.1, -0.05) is 29.5 Å². The molecule has 3 aromatic heterocycles. The van der Waals surface area contributed by atoms with Crippen molar-refractivity contribution in [2.45, 2.75) is 13.5 Å². The van der Waals surface area contributed by atoms with Gasteiger partial charge in [0.1, 0.15) is 0 Å². The fraction of sp³-hybridized carbons (Fsp3) is 0.118. The van der Waals surface area contributed by atoms with Gasteiger partial charge in [-0.05, 0) is 25.1 Å². The first-order valence-electron chi connectivity index (χ1n) is 7.23. The average molecular weight is 343 g/mol. The van der Waals surface area contributed by atoms with Crippen LogP contribution in [0.1, 0.15) is 12.6 Å². The van der Waals surface area contributed by atoms with Gasteiger partial charge in [0.15, 0.2) is 4.96 Å². The van der Waals surface area contributed by atoms with Gasteiger partial charge >= 0.3 is 0 Å². The summed E-state index contributed by atoms with van der Waals surface area (Å²) in [6.45, 7) is 6.53. The summed E-state index contributed by atoms with van der Waals surface area (Å²) in [7, 11) is 0. The maximum Gasteiger partial charge on any atom is 0.194 e. The average Bonchev–Trinajstić information content (AvgIpc) is 3.16. The molecule has 1 aromatic carbocycles. The molecular weight excluding hydrogens is 328 g/mol. The van der Waals surface area contributed by atoms with Crippen molar-refractivity contribution in [2.75, 3.05) is 0 Å². The van der Waals surface area contributed by atoms with Gasteiger partial charge in [0.2, 0.25) is 0 Å². The zero-order valence-electron chi connectivity index (χ0n) is 12.6. The molecule has 3 heterocycles. The van der Waals surface area contributed by atoms with E-state index in [0.29, 0.717) is 0 Å². The zero-order chi connectivity index (χ0) is 16.0. The summed E-state index contributed by atoms with van der Waals surface area (Å²) in [5, 5.41) is 5.09. The number of nitrogens with zero attached hydrogens (tertiary/aromatic N) is 2. The van der Waals surface area contributed by atoms with Gasteiger partial charge in [-0.25, -0.2) is 4.98 Å². The molecule has 0 unspecified atom stereocenters. The van der Waals surface area contributed by atoms with Gasteiger partial charge in [0, 0.05) is 46.4 Å². The van der Waals surface area contributed by atoms with Gasteiger partial charge in [-0.2, -0.15) is 0 Å². The summed E-state index contributed by atoms with van der Waals surface area (Å²) < 4.78 is 2.01. The number of aromatic nitrogens is 3. The Morgan fingerprint density at radius 1 is 1.43 bits per heavy atom. The van der Waals surface area contributed by atoms with Crippen molar-refractivity contribution >= 4 is 38.8 Å². The predicted octanol–water partition coefficient (Wildman–Crippen LogP) is 4.82. The van der Waals surface area contributed by atoms with Gasteiger partial charge in [-0.3, -0.25) is 4.40 Å². The van der Waals surface area contributed by atoms with Crippen LogP contribution in [0.2, 0.25) is 5.02 Å². The van der Waals surface area contributed by atoms with Crippen molar-refractivity contribution in [2.24, 2.45) is 0 Å². The van der Waals surface area contributed by atoms with Gasteiger partial charge in [0.25, 0.3) is 0 Å². The molecule has 4 nitrogen and oxygen atoms in total. The monoisotopic (exact) mass is 342 g/mol. The van der Waals surface area contributed by atoms with Crippen LogP contribution in [0.15, 0.2) is 49.1 Å². The lowest BCUT2D eigenvalue weighted by molar-refractivity contribution is 0.798. The topological polar surface area (TPSA) is 45.1 Å². The quantitative estimate of drug-likeness (QED) is 0.558. The Morgan fingerprint density at radius 2 is 2.30 bits per heavy atom. The van der Waals surface area contributed by atoms with E-state index in [0.717, 1.165) is 49.3 Å². The van der Waals surface area contributed by atoms with E-state index in [1.165, 1.54) is 0 Å². The molecule has 4 aromatic rings. The molecule has 0 spiro atoms. The predicted molar refractivity (Wildman–Crippen MR) is 97.0 cm³/mol. The van der Waals surface area contributed by atoms with E-state index < -0.39 is 0 Å². The number of nitrogens with one attached hydrogen (secondary N) is 2. The van der Waals surface area contributed by atoms with Crippen molar-refractivity contribution in [3.63, 3.8) is 0 Å². The molecule has 0 aliphatic heterocycles. The molecule has 0 atom stereocenters. The minimum Gasteiger partial charge on any atom is -0.383 e. The Bertz CT molecular complexity index is 995. The molecule has 6 heteroatoms. The summed E-state index contributed by atoms with van der Waals surface area (Å²) in [5.74, 6) is 0. The van der Waals surface area contributed by atoms with E-state index in [2.05, 4.69) is 40.2 Å². The minimum absolute atomic E-state index is 0.726. The van der Waals surface area contributed by atoms with Crippen LogP contribution in [0.3, 0.4) is 0 Å². The first-order chi connectivity index (χ1) is 11.1. The van der Waals surface area contributed by atoms with Crippen LogP contribution in [0.5, 0.6) is 0 Å². The second-order valence-electron chi connectivity index (χ2n) is 5.56. The SMILES string of the molecule is C=C(C)NCc1cc2cc(Cl)c(-c3cn4ccnc4s3)cc2[nH]1. The number of rotatable bonds is 4. The third-order valence-corrected chi connectivity index (χ3v) is 5.06. The standard InChI is InChI=1S/C17H15ClN4S/c1-10(2)20-8-12-5-11-6-14(18)13(7-15(11)21-12)16-9-22-4-3-19-17(22)23-16/h3-7,9,20-21H,1,8H2,2H3. The van der Waals surface area contributed by atoms with E-state index >= 15 is 0 Å². The molecule has 23 heavy (non-hydrogen) atoms. The molecule has 2 N–H and O–H groups in total. The largest absolute Gasteiger partial charge is 0.383 e. The first kappa shape index (κ1) is 14.4. The number of allylic oxidation sites excluding steroid dienone is 1. The molecule has 0 bridgehead atoms. The van der Waals surface area contributed by atoms with Crippen LogP contribution >= 0.6 is 22.9 Å². The number of aromatic amines is 1. The Hall–Kier alpha value is -2.24. The third-order valence-electron chi connectivity index (χ3n) is 3.70. The smallest absolute Gasteiger partial charge is 0.194 e. The van der Waals surface area contributed by atoms with Crippen molar-refractivity contribution in [1.29, 1.82) is 0 Å². The number of hydrogen-bond acceptors (Lipinski definition) is 3. The molecule has 0 fully saturated rings. The second kappa shape index (κ2) is 5.44. The molecule has 0 radical (unpaired) electrons. The third kappa shape index (κ3) is 2.62. The van der Waals surface area contributed by atoms with Crippen molar-refractivity contribution < 1.29 is 0 Å². The summed E-state index contributed by atoms with van der Waals surface area (Å²) in [4.78, 5) is 9.83. The number of imidazole rings is 1. The normalized spacial score (nSPS) is 11.4. The fourth-order valence-electron chi connectivity index (χ4n) is 2.60. The van der Waals surface area contributed by atoms with E-state index in [1.54, 1.807) is 17.5 Å². The number of benzene rings is 1. The number of fused-ring (bicyclic) bond motifs is 2. The molecule has 0 saturated heterocycles. The molecule has 116 valence electrons. The molecule has 0 saturated carbocycles. The molecule has 0 aliphatic carbocycles. The molecule has 0 aliphatic rings. The summed E-state index contributed by atoms with van der Waals surface area (Å²) in [5.41, 5.74) is 4.16. The Balaban J connectivity index is 1.76. The van der Waals surface area contributed by atoms with Gasteiger partial charge in [-0.15, -0.1) is 0 Å². The maximum atomic E-state index is 6.50. The van der Waals surface area contributed by atoms with Crippen LogP contribution < -0.4 is 5.32 Å². The molecule has 0 amide bonds. The van der Waals surface area contributed by atoms with Crippen LogP contribution in [-0.2, 0) is 6.54 Å². The lowest BCUT2D eigenvalue weighted by Crippen LogP contribution is -2.09. The highest BCUT2D eigenvalue weighted by Crippen LogP contribution is 2.36. The maximum absolute atomic E-state index is 6.50. The van der Waals surface area contributed by atoms with E-state index in [9.17, 15) is 0 Å². The van der Waals surface area contributed by atoms with Gasteiger partial charge < -0.3 is 10.3 Å². The molecule has 4 rings (SSSR count). The van der Waals surface area contributed by atoms with E-state index in [-0.39, 0.29) is 0 Å². The highest BCUT2D eigenvalue weighted by molar-refractivity contribution is 7.20. The van der Waals surface area contributed by atoms with Crippen LogP contribution in [0.25, 0.3) is 26.3 Å². The number of halogens is 1. The highest BCUT2D eigenvalue weighted by atomic mass is 35.5. The van der Waals surface area contributed by atoms with Crippen LogP contribution in [0, 0.1) is 0 Å². The highest BCUT2D eigenvalue weighted by Gasteiger charge is 2.11. The zero-order valence-corrected chi connectivity index (χ0v) is 14.1. The molecular formula is C17H15ClN4S. The number of thiazole rings is 1. The van der Waals surface area contributed by atoms with Gasteiger partial charge in [0.05, 0.1) is 16.4 Å². The summed E-state index contributed by atoms with van der Waals surface area (Å²) >= 11 is 8.13. The number of H-pyrrole nitrogens is 1. The lowest BCUT2D eigenvalue weighted by atomic mass is 10.1. The van der Waals surface area contributed by atoms with Crippen molar-refractivity contribution in [1.82, 2.24) is 19.7 Å². The lowest BCUT2D eigenvalue weighted by Gasteiger charge is -2.02. The first-order valence-corrected chi connectivity index (χ1v) is 8.43. The summed E-state index contributed by atoms with van der Waals surface area (Å²) in [6.07, 6.45) is 5.80.